The van der Waals surface area contributed by atoms with Gasteiger partial charge in [-0.05, 0) is 31.2 Å². The first-order valence-electron chi connectivity index (χ1n) is 8.36. The van der Waals surface area contributed by atoms with Crippen molar-refractivity contribution in [3.63, 3.8) is 0 Å². The van der Waals surface area contributed by atoms with Gasteiger partial charge in [-0.1, -0.05) is 49.6 Å². The van der Waals surface area contributed by atoms with Crippen LogP contribution < -0.4 is 5.32 Å². The SMILES string of the molecule is O=C(NC1CCOC2(CCCCC2)C1)C(O)c1ccccc1. The fourth-order valence-corrected chi connectivity index (χ4v) is 3.76. The highest BCUT2D eigenvalue weighted by molar-refractivity contribution is 5.82. The summed E-state index contributed by atoms with van der Waals surface area (Å²) in [5, 5.41) is 13.2. The molecule has 4 nitrogen and oxygen atoms in total. The molecule has 22 heavy (non-hydrogen) atoms. The van der Waals surface area contributed by atoms with Crippen molar-refractivity contribution in [2.45, 2.75) is 62.7 Å². The molecule has 2 atom stereocenters. The topological polar surface area (TPSA) is 58.6 Å². The van der Waals surface area contributed by atoms with E-state index in [4.69, 9.17) is 4.74 Å². The van der Waals surface area contributed by atoms with Crippen molar-refractivity contribution in [3.8, 4) is 0 Å². The Balaban J connectivity index is 1.59. The second kappa shape index (κ2) is 6.80. The van der Waals surface area contributed by atoms with Crippen LogP contribution >= 0.6 is 0 Å². The van der Waals surface area contributed by atoms with Gasteiger partial charge in [-0.25, -0.2) is 0 Å². The predicted molar refractivity (Wildman–Crippen MR) is 84.3 cm³/mol. The summed E-state index contributed by atoms with van der Waals surface area (Å²) in [4.78, 5) is 12.3. The summed E-state index contributed by atoms with van der Waals surface area (Å²) in [6, 6.07) is 9.19. The second-order valence-electron chi connectivity index (χ2n) is 6.60. The van der Waals surface area contributed by atoms with Gasteiger partial charge >= 0.3 is 0 Å². The zero-order valence-electron chi connectivity index (χ0n) is 13.0. The van der Waals surface area contributed by atoms with Gasteiger partial charge in [0.1, 0.15) is 0 Å². The van der Waals surface area contributed by atoms with Crippen molar-refractivity contribution in [1.82, 2.24) is 5.32 Å². The van der Waals surface area contributed by atoms with Crippen LogP contribution in [0.1, 0.15) is 56.6 Å². The zero-order chi connectivity index (χ0) is 15.4. The smallest absolute Gasteiger partial charge is 0.253 e. The predicted octanol–water partition coefficient (Wildman–Crippen LogP) is 2.72. The molecular formula is C18H25NO3. The number of benzene rings is 1. The molecule has 120 valence electrons. The lowest BCUT2D eigenvalue weighted by atomic mass is 9.78. The molecule has 1 spiro atoms. The number of hydrogen-bond donors (Lipinski definition) is 2. The molecule has 2 N–H and O–H groups in total. The van der Waals surface area contributed by atoms with Gasteiger partial charge < -0.3 is 15.2 Å². The Bertz CT molecular complexity index is 491. The van der Waals surface area contributed by atoms with E-state index in [2.05, 4.69) is 5.32 Å². The van der Waals surface area contributed by atoms with Gasteiger partial charge in [-0.3, -0.25) is 4.79 Å². The lowest BCUT2D eigenvalue weighted by Crippen LogP contribution is -2.50. The molecule has 4 heteroatoms. The Morgan fingerprint density at radius 3 is 2.68 bits per heavy atom. The van der Waals surface area contributed by atoms with E-state index in [-0.39, 0.29) is 17.6 Å². The van der Waals surface area contributed by atoms with Crippen LogP contribution in [0.3, 0.4) is 0 Å². The van der Waals surface area contributed by atoms with Gasteiger partial charge in [-0.2, -0.15) is 0 Å². The molecule has 2 aliphatic rings. The summed E-state index contributed by atoms with van der Waals surface area (Å²) in [5.41, 5.74) is 0.603. The number of aliphatic hydroxyl groups excluding tert-OH is 1. The molecule has 1 amide bonds. The molecule has 0 aromatic heterocycles. The highest BCUT2D eigenvalue weighted by Gasteiger charge is 2.39. The number of carbonyl (C=O) groups excluding carboxylic acids is 1. The van der Waals surface area contributed by atoms with E-state index in [1.165, 1.54) is 19.3 Å². The maximum Gasteiger partial charge on any atom is 0.253 e. The summed E-state index contributed by atoms with van der Waals surface area (Å²) in [6.07, 6.45) is 6.53. The van der Waals surface area contributed by atoms with Gasteiger partial charge in [0.2, 0.25) is 0 Å². The molecule has 2 unspecified atom stereocenters. The number of rotatable bonds is 3. The molecule has 1 saturated heterocycles. The average Bonchev–Trinajstić information content (AvgIpc) is 2.56. The van der Waals surface area contributed by atoms with Crippen molar-refractivity contribution in [1.29, 1.82) is 0 Å². The Morgan fingerprint density at radius 1 is 1.23 bits per heavy atom. The van der Waals surface area contributed by atoms with E-state index in [1.807, 2.05) is 18.2 Å². The number of hydrogen-bond acceptors (Lipinski definition) is 3. The van der Waals surface area contributed by atoms with E-state index in [0.29, 0.717) is 12.2 Å². The average molecular weight is 303 g/mol. The Labute approximate surface area is 131 Å². The van der Waals surface area contributed by atoms with Crippen LogP contribution in [0, 0.1) is 0 Å². The zero-order valence-corrected chi connectivity index (χ0v) is 13.0. The molecule has 1 aliphatic carbocycles. The van der Waals surface area contributed by atoms with Gasteiger partial charge in [-0.15, -0.1) is 0 Å². The summed E-state index contributed by atoms with van der Waals surface area (Å²) in [6.45, 7) is 0.701. The van der Waals surface area contributed by atoms with Gasteiger partial charge in [0.05, 0.1) is 5.60 Å². The molecule has 3 rings (SSSR count). The monoisotopic (exact) mass is 303 g/mol. The third-order valence-electron chi connectivity index (χ3n) is 4.97. The van der Waals surface area contributed by atoms with Crippen molar-refractivity contribution >= 4 is 5.91 Å². The van der Waals surface area contributed by atoms with Crippen LogP contribution in [0.15, 0.2) is 30.3 Å². The van der Waals surface area contributed by atoms with E-state index in [0.717, 1.165) is 25.7 Å². The Hall–Kier alpha value is -1.39. The maximum absolute atomic E-state index is 12.3. The van der Waals surface area contributed by atoms with E-state index < -0.39 is 6.10 Å². The third kappa shape index (κ3) is 3.50. The normalized spacial score (nSPS) is 25.6. The summed E-state index contributed by atoms with van der Waals surface area (Å²) < 4.78 is 6.05. The molecule has 0 radical (unpaired) electrons. The van der Waals surface area contributed by atoms with Crippen molar-refractivity contribution < 1.29 is 14.6 Å². The Morgan fingerprint density at radius 2 is 1.95 bits per heavy atom. The molecular weight excluding hydrogens is 278 g/mol. The minimum Gasteiger partial charge on any atom is -0.378 e. The molecule has 1 aromatic rings. The number of amides is 1. The first kappa shape index (κ1) is 15.5. The number of aliphatic hydroxyl groups is 1. The van der Waals surface area contributed by atoms with Crippen molar-refractivity contribution in [2.75, 3.05) is 6.61 Å². The highest BCUT2D eigenvalue weighted by Crippen LogP contribution is 2.38. The van der Waals surface area contributed by atoms with Gasteiger partial charge in [0, 0.05) is 12.6 Å². The van der Waals surface area contributed by atoms with Crippen molar-refractivity contribution in [2.24, 2.45) is 0 Å². The van der Waals surface area contributed by atoms with E-state index in [1.54, 1.807) is 12.1 Å². The third-order valence-corrected chi connectivity index (χ3v) is 4.97. The first-order chi connectivity index (χ1) is 10.7. The molecule has 2 fully saturated rings. The van der Waals surface area contributed by atoms with Crippen LogP contribution in [-0.4, -0.2) is 29.3 Å². The van der Waals surface area contributed by atoms with Crippen molar-refractivity contribution in [3.05, 3.63) is 35.9 Å². The van der Waals surface area contributed by atoms with Crippen LogP contribution in [0.5, 0.6) is 0 Å². The second-order valence-corrected chi connectivity index (χ2v) is 6.60. The van der Waals surface area contributed by atoms with Gasteiger partial charge in [0.25, 0.3) is 5.91 Å². The molecule has 0 bridgehead atoms. The maximum atomic E-state index is 12.3. The minimum absolute atomic E-state index is 0.0356. The van der Waals surface area contributed by atoms with Crippen LogP contribution in [0.25, 0.3) is 0 Å². The highest BCUT2D eigenvalue weighted by atomic mass is 16.5. The Kier molecular flexibility index (Phi) is 4.79. The standard InChI is InChI=1S/C18H25NO3/c20-16(14-7-3-1-4-8-14)17(21)19-15-9-12-22-18(13-15)10-5-2-6-11-18/h1,3-4,7-8,15-16,20H,2,5-6,9-13H2,(H,19,21). The van der Waals surface area contributed by atoms with Crippen LogP contribution in [0.4, 0.5) is 0 Å². The fourth-order valence-electron chi connectivity index (χ4n) is 3.76. The van der Waals surface area contributed by atoms with Gasteiger partial charge in [0.15, 0.2) is 6.10 Å². The van der Waals surface area contributed by atoms with Crippen LogP contribution in [0.2, 0.25) is 0 Å². The summed E-state index contributed by atoms with van der Waals surface area (Å²) in [7, 11) is 0. The lowest BCUT2D eigenvalue weighted by Gasteiger charge is -2.43. The number of ether oxygens (including phenoxy) is 1. The summed E-state index contributed by atoms with van der Waals surface area (Å²) >= 11 is 0. The molecule has 1 aliphatic heterocycles. The number of carbonyl (C=O) groups is 1. The lowest BCUT2D eigenvalue weighted by molar-refractivity contribution is -0.135. The first-order valence-corrected chi connectivity index (χ1v) is 8.36. The quantitative estimate of drug-likeness (QED) is 0.902. The molecule has 1 aromatic carbocycles. The fraction of sp³-hybridized carbons (Fsp3) is 0.611. The minimum atomic E-state index is -1.09. The largest absolute Gasteiger partial charge is 0.378 e. The number of nitrogens with one attached hydrogen (secondary N) is 1. The van der Waals surface area contributed by atoms with E-state index >= 15 is 0 Å². The molecule has 1 heterocycles. The summed E-state index contributed by atoms with van der Waals surface area (Å²) in [5.74, 6) is -0.302. The van der Waals surface area contributed by atoms with E-state index in [9.17, 15) is 9.90 Å². The van der Waals surface area contributed by atoms with Crippen LogP contribution in [-0.2, 0) is 9.53 Å². The molecule has 1 saturated carbocycles.